The summed E-state index contributed by atoms with van der Waals surface area (Å²) in [5.41, 5.74) is 2.40. The number of aromatic nitrogens is 2. The second-order valence-corrected chi connectivity index (χ2v) is 6.65. The summed E-state index contributed by atoms with van der Waals surface area (Å²) in [5.74, 6) is 0.272. The second-order valence-electron chi connectivity index (χ2n) is 6.22. The molecule has 1 atom stereocenters. The number of amides is 1. The van der Waals surface area contributed by atoms with Crippen LogP contribution in [0.3, 0.4) is 0 Å². The van der Waals surface area contributed by atoms with Crippen LogP contribution >= 0.6 is 11.6 Å². The number of benzene rings is 1. The molecular formula is C18H22ClN3O2. The first-order valence-corrected chi connectivity index (χ1v) is 8.75. The molecular weight excluding hydrogens is 326 g/mol. The number of halogens is 1. The van der Waals surface area contributed by atoms with E-state index in [1.54, 1.807) is 30.5 Å². The van der Waals surface area contributed by atoms with Crippen LogP contribution < -0.4 is 5.32 Å². The zero-order chi connectivity index (χ0) is 17.1. The van der Waals surface area contributed by atoms with Gasteiger partial charge in [0, 0.05) is 24.0 Å². The molecule has 0 bridgehead atoms. The summed E-state index contributed by atoms with van der Waals surface area (Å²) in [4.78, 5) is 12.5. The molecule has 1 aliphatic rings. The van der Waals surface area contributed by atoms with Gasteiger partial charge in [0.2, 0.25) is 0 Å². The maximum Gasteiger partial charge on any atom is 0.254 e. The van der Waals surface area contributed by atoms with E-state index < -0.39 is 6.10 Å². The Morgan fingerprint density at radius 2 is 2.12 bits per heavy atom. The molecule has 0 radical (unpaired) electrons. The molecule has 1 aromatic carbocycles. The van der Waals surface area contributed by atoms with E-state index in [1.807, 2.05) is 4.68 Å². The summed E-state index contributed by atoms with van der Waals surface area (Å²) in [6, 6.07) is 6.96. The molecule has 2 N–H and O–H groups in total. The number of carbonyl (C=O) groups excluding carboxylic acids is 1. The first-order valence-electron chi connectivity index (χ1n) is 8.37. The average molecular weight is 348 g/mol. The van der Waals surface area contributed by atoms with Crippen molar-refractivity contribution in [2.75, 3.05) is 6.54 Å². The minimum absolute atomic E-state index is 0.156. The normalized spacial score (nSPS) is 15.3. The van der Waals surface area contributed by atoms with Crippen LogP contribution in [0.5, 0.6) is 0 Å². The number of aliphatic hydroxyl groups is 1. The van der Waals surface area contributed by atoms with Crippen LogP contribution in [-0.4, -0.2) is 27.3 Å². The van der Waals surface area contributed by atoms with Crippen molar-refractivity contribution in [2.24, 2.45) is 0 Å². The van der Waals surface area contributed by atoms with Gasteiger partial charge in [-0.3, -0.25) is 9.48 Å². The van der Waals surface area contributed by atoms with Crippen molar-refractivity contribution in [2.45, 2.75) is 44.8 Å². The summed E-state index contributed by atoms with van der Waals surface area (Å²) >= 11 is 5.84. The molecule has 128 valence electrons. The maximum atomic E-state index is 12.5. The standard InChI is InChI=1S/C18H22ClN3O2/c1-2-9-22-17(13-3-4-13)15(10-21-22)18(24)20-11-16(23)12-5-7-14(19)8-6-12/h5-8,10,13,16,23H,2-4,9,11H2,1H3,(H,20,24). The lowest BCUT2D eigenvalue weighted by atomic mass is 10.1. The van der Waals surface area contributed by atoms with E-state index in [-0.39, 0.29) is 12.5 Å². The summed E-state index contributed by atoms with van der Waals surface area (Å²) in [6.45, 7) is 3.08. The number of hydrogen-bond donors (Lipinski definition) is 2. The molecule has 1 heterocycles. The van der Waals surface area contributed by atoms with Crippen molar-refractivity contribution in [3.05, 3.63) is 52.3 Å². The smallest absolute Gasteiger partial charge is 0.254 e. The molecule has 5 nitrogen and oxygen atoms in total. The fourth-order valence-electron chi connectivity index (χ4n) is 2.83. The monoisotopic (exact) mass is 347 g/mol. The molecule has 1 fully saturated rings. The molecule has 1 saturated carbocycles. The van der Waals surface area contributed by atoms with Crippen molar-refractivity contribution in [1.82, 2.24) is 15.1 Å². The van der Waals surface area contributed by atoms with Crippen LogP contribution in [0.1, 0.15) is 59.8 Å². The van der Waals surface area contributed by atoms with Gasteiger partial charge in [0.25, 0.3) is 5.91 Å². The van der Waals surface area contributed by atoms with E-state index in [1.165, 1.54) is 0 Å². The molecule has 1 amide bonds. The third kappa shape index (κ3) is 3.79. The topological polar surface area (TPSA) is 67.2 Å². The lowest BCUT2D eigenvalue weighted by Crippen LogP contribution is -2.29. The van der Waals surface area contributed by atoms with Crippen molar-refractivity contribution in [1.29, 1.82) is 0 Å². The van der Waals surface area contributed by atoms with Crippen LogP contribution in [0.15, 0.2) is 30.5 Å². The van der Waals surface area contributed by atoms with Crippen LogP contribution in [0.2, 0.25) is 5.02 Å². The Morgan fingerprint density at radius 1 is 1.42 bits per heavy atom. The van der Waals surface area contributed by atoms with E-state index >= 15 is 0 Å². The summed E-state index contributed by atoms with van der Waals surface area (Å²) < 4.78 is 1.95. The highest BCUT2D eigenvalue weighted by molar-refractivity contribution is 6.30. The first-order chi connectivity index (χ1) is 11.6. The Hall–Kier alpha value is -1.85. The van der Waals surface area contributed by atoms with E-state index in [4.69, 9.17) is 11.6 Å². The van der Waals surface area contributed by atoms with Gasteiger partial charge in [0.1, 0.15) is 0 Å². The number of aryl methyl sites for hydroxylation is 1. The fourth-order valence-corrected chi connectivity index (χ4v) is 2.96. The van der Waals surface area contributed by atoms with Crippen LogP contribution in [0.25, 0.3) is 0 Å². The lowest BCUT2D eigenvalue weighted by molar-refractivity contribution is 0.0915. The Balaban J connectivity index is 1.66. The predicted molar refractivity (Wildman–Crippen MR) is 93.2 cm³/mol. The average Bonchev–Trinajstić information content (AvgIpc) is 3.33. The van der Waals surface area contributed by atoms with Crippen LogP contribution in [0.4, 0.5) is 0 Å². The minimum Gasteiger partial charge on any atom is -0.387 e. The van der Waals surface area contributed by atoms with Gasteiger partial charge in [-0.25, -0.2) is 0 Å². The zero-order valence-corrected chi connectivity index (χ0v) is 14.5. The Kier molecular flexibility index (Phi) is 5.21. The number of hydrogen-bond acceptors (Lipinski definition) is 3. The van der Waals surface area contributed by atoms with Crippen molar-refractivity contribution in [3.8, 4) is 0 Å². The number of carbonyl (C=O) groups is 1. The molecule has 0 saturated heterocycles. The zero-order valence-electron chi connectivity index (χ0n) is 13.7. The van der Waals surface area contributed by atoms with Gasteiger partial charge in [-0.2, -0.15) is 5.10 Å². The molecule has 24 heavy (non-hydrogen) atoms. The molecule has 1 unspecified atom stereocenters. The quantitative estimate of drug-likeness (QED) is 0.807. The van der Waals surface area contributed by atoms with E-state index in [0.29, 0.717) is 16.5 Å². The summed E-state index contributed by atoms with van der Waals surface area (Å²) in [7, 11) is 0. The highest BCUT2D eigenvalue weighted by Gasteiger charge is 2.32. The SMILES string of the molecule is CCCn1ncc(C(=O)NCC(O)c2ccc(Cl)cc2)c1C1CC1. The van der Waals surface area contributed by atoms with E-state index in [9.17, 15) is 9.90 Å². The second kappa shape index (κ2) is 7.36. The van der Waals surface area contributed by atoms with Gasteiger partial charge in [-0.05, 0) is 37.0 Å². The van der Waals surface area contributed by atoms with Crippen LogP contribution in [-0.2, 0) is 6.54 Å². The first kappa shape index (κ1) is 17.0. The molecule has 3 rings (SSSR count). The van der Waals surface area contributed by atoms with Gasteiger partial charge in [-0.15, -0.1) is 0 Å². The maximum absolute atomic E-state index is 12.5. The number of rotatable bonds is 7. The van der Waals surface area contributed by atoms with Gasteiger partial charge >= 0.3 is 0 Å². The molecule has 6 heteroatoms. The third-order valence-electron chi connectivity index (χ3n) is 4.24. The van der Waals surface area contributed by atoms with Crippen molar-refractivity contribution >= 4 is 17.5 Å². The Bertz CT molecular complexity index is 708. The number of aliphatic hydroxyl groups excluding tert-OH is 1. The van der Waals surface area contributed by atoms with E-state index in [2.05, 4.69) is 17.3 Å². The lowest BCUT2D eigenvalue weighted by Gasteiger charge is -2.13. The molecule has 1 aliphatic carbocycles. The fraction of sp³-hybridized carbons (Fsp3) is 0.444. The van der Waals surface area contributed by atoms with Gasteiger partial charge < -0.3 is 10.4 Å². The Morgan fingerprint density at radius 3 is 2.75 bits per heavy atom. The molecule has 2 aromatic rings. The minimum atomic E-state index is -0.763. The number of nitrogens with one attached hydrogen (secondary N) is 1. The van der Waals surface area contributed by atoms with Gasteiger partial charge in [-0.1, -0.05) is 30.7 Å². The Labute approximate surface area is 146 Å². The van der Waals surface area contributed by atoms with Crippen molar-refractivity contribution < 1.29 is 9.90 Å². The molecule has 0 aliphatic heterocycles. The van der Waals surface area contributed by atoms with Crippen LogP contribution in [0, 0.1) is 0 Å². The highest BCUT2D eigenvalue weighted by Crippen LogP contribution is 2.41. The summed E-state index contributed by atoms with van der Waals surface area (Å²) in [6.07, 6.45) is 4.10. The van der Waals surface area contributed by atoms with Gasteiger partial charge in [0.05, 0.1) is 23.6 Å². The summed E-state index contributed by atoms with van der Waals surface area (Å²) in [5, 5.41) is 18.0. The van der Waals surface area contributed by atoms with E-state index in [0.717, 1.165) is 37.1 Å². The predicted octanol–water partition coefficient (Wildman–Crippen LogP) is 3.29. The highest BCUT2D eigenvalue weighted by atomic mass is 35.5. The number of nitrogens with zero attached hydrogens (tertiary/aromatic N) is 2. The third-order valence-corrected chi connectivity index (χ3v) is 4.49. The van der Waals surface area contributed by atoms with Crippen molar-refractivity contribution in [3.63, 3.8) is 0 Å². The molecule has 1 aromatic heterocycles. The van der Waals surface area contributed by atoms with Gasteiger partial charge in [0.15, 0.2) is 0 Å². The largest absolute Gasteiger partial charge is 0.387 e. The molecule has 0 spiro atoms.